The molecule has 1 amide bonds. The minimum Gasteiger partial charge on any atom is -0.383 e. The average Bonchev–Trinajstić information content (AvgIpc) is 2.76. The molecule has 0 spiro atoms. The van der Waals surface area contributed by atoms with Crippen LogP contribution < -0.4 is 10.2 Å². The number of ether oxygens (including phenoxy) is 1. The summed E-state index contributed by atoms with van der Waals surface area (Å²) in [7, 11) is 1.62. The molecule has 1 aromatic heterocycles. The Hall–Kier alpha value is -2.60. The lowest BCUT2D eigenvalue weighted by molar-refractivity contribution is 0.102. The van der Waals surface area contributed by atoms with Gasteiger partial charge in [-0.15, -0.1) is 0 Å². The van der Waals surface area contributed by atoms with Crippen molar-refractivity contribution in [2.45, 2.75) is 26.2 Å². The van der Waals surface area contributed by atoms with E-state index in [1.165, 1.54) is 5.56 Å². The summed E-state index contributed by atoms with van der Waals surface area (Å²) < 4.78 is 5.25. The normalized spacial score (nSPS) is 11.3. The molecule has 168 valence electrons. The van der Waals surface area contributed by atoms with Crippen LogP contribution in [0.4, 0.5) is 17.2 Å². The monoisotopic (exact) mass is 471 g/mol. The Bertz CT molecular complexity index is 1080. The molecule has 5 nitrogen and oxygen atoms in total. The Kier molecular flexibility index (Phi) is 7.77. The number of methoxy groups -OCH3 is 1. The summed E-state index contributed by atoms with van der Waals surface area (Å²) in [5, 5.41) is 3.91. The first-order valence-corrected chi connectivity index (χ1v) is 11.0. The van der Waals surface area contributed by atoms with Gasteiger partial charge in [0.25, 0.3) is 5.91 Å². The Morgan fingerprint density at radius 3 is 2.41 bits per heavy atom. The molecule has 0 unspecified atom stereocenters. The molecule has 0 saturated carbocycles. The SMILES string of the molecule is COCCN(c1cc(C(=O)Nc2ccc(C(C)(C)C)cc2)ccc1Cl)c1ncccc1Cl. The topological polar surface area (TPSA) is 54.5 Å². The summed E-state index contributed by atoms with van der Waals surface area (Å²) in [5.41, 5.74) is 3.07. The maximum atomic E-state index is 13.0. The van der Waals surface area contributed by atoms with Crippen LogP contribution in [0.25, 0.3) is 0 Å². The number of halogens is 2. The number of benzene rings is 2. The van der Waals surface area contributed by atoms with E-state index in [4.69, 9.17) is 27.9 Å². The van der Waals surface area contributed by atoms with Crippen LogP contribution in [-0.4, -0.2) is 31.2 Å². The zero-order chi connectivity index (χ0) is 23.3. The van der Waals surface area contributed by atoms with Gasteiger partial charge in [-0.2, -0.15) is 0 Å². The molecular formula is C25H27Cl2N3O2. The van der Waals surface area contributed by atoms with E-state index in [1.54, 1.807) is 43.6 Å². The number of amides is 1. The van der Waals surface area contributed by atoms with Gasteiger partial charge in [-0.1, -0.05) is 56.1 Å². The van der Waals surface area contributed by atoms with Gasteiger partial charge in [0.05, 0.1) is 22.3 Å². The van der Waals surface area contributed by atoms with E-state index in [0.717, 1.165) is 5.69 Å². The van der Waals surface area contributed by atoms with Gasteiger partial charge in [0.15, 0.2) is 5.82 Å². The fourth-order valence-corrected chi connectivity index (χ4v) is 3.66. The van der Waals surface area contributed by atoms with Crippen LogP contribution in [0.1, 0.15) is 36.7 Å². The highest BCUT2D eigenvalue weighted by Crippen LogP contribution is 2.35. The number of carbonyl (C=O) groups is 1. The molecule has 3 aromatic rings. The molecule has 1 heterocycles. The van der Waals surface area contributed by atoms with Gasteiger partial charge < -0.3 is 15.0 Å². The van der Waals surface area contributed by atoms with Crippen LogP contribution in [0.3, 0.4) is 0 Å². The van der Waals surface area contributed by atoms with E-state index in [2.05, 4.69) is 31.1 Å². The number of pyridine rings is 1. The third-order valence-corrected chi connectivity index (χ3v) is 5.64. The van der Waals surface area contributed by atoms with Crippen molar-refractivity contribution in [1.82, 2.24) is 4.98 Å². The summed E-state index contributed by atoms with van der Waals surface area (Å²) in [6.07, 6.45) is 1.66. The highest BCUT2D eigenvalue weighted by molar-refractivity contribution is 6.35. The first kappa shape index (κ1) is 24.1. The summed E-state index contributed by atoms with van der Waals surface area (Å²) in [5.74, 6) is 0.314. The van der Waals surface area contributed by atoms with Crippen molar-refractivity contribution < 1.29 is 9.53 Å². The molecule has 0 bridgehead atoms. The maximum absolute atomic E-state index is 13.0. The number of nitrogens with one attached hydrogen (secondary N) is 1. The molecule has 0 aliphatic carbocycles. The van der Waals surface area contributed by atoms with Crippen molar-refractivity contribution in [2.24, 2.45) is 0 Å². The Balaban J connectivity index is 1.89. The maximum Gasteiger partial charge on any atom is 0.255 e. The smallest absolute Gasteiger partial charge is 0.255 e. The van der Waals surface area contributed by atoms with Crippen LogP contribution in [0, 0.1) is 0 Å². The lowest BCUT2D eigenvalue weighted by Crippen LogP contribution is -2.24. The number of hydrogen-bond donors (Lipinski definition) is 1. The van der Waals surface area contributed by atoms with E-state index >= 15 is 0 Å². The predicted molar refractivity (Wildman–Crippen MR) is 133 cm³/mol. The largest absolute Gasteiger partial charge is 0.383 e. The van der Waals surface area contributed by atoms with Crippen LogP contribution in [0.15, 0.2) is 60.8 Å². The Morgan fingerprint density at radius 2 is 1.78 bits per heavy atom. The van der Waals surface area contributed by atoms with Gasteiger partial charge in [-0.3, -0.25) is 4.79 Å². The van der Waals surface area contributed by atoms with Crippen molar-refractivity contribution in [3.8, 4) is 0 Å². The Morgan fingerprint density at radius 1 is 1.06 bits per heavy atom. The standard InChI is InChI=1S/C25H27Cl2N3O2/c1-25(2,3)18-8-10-19(11-9-18)29-24(31)17-7-12-20(26)22(16-17)30(14-15-32-4)23-21(27)6-5-13-28-23/h5-13,16H,14-15H2,1-4H3,(H,29,31). The van der Waals surface area contributed by atoms with Gasteiger partial charge in [0.2, 0.25) is 0 Å². The first-order valence-electron chi connectivity index (χ1n) is 10.3. The molecule has 0 radical (unpaired) electrons. The van der Waals surface area contributed by atoms with Crippen molar-refractivity contribution in [2.75, 3.05) is 30.5 Å². The van der Waals surface area contributed by atoms with Crippen LogP contribution in [-0.2, 0) is 10.2 Å². The summed E-state index contributed by atoms with van der Waals surface area (Å²) >= 11 is 12.9. The van der Waals surface area contributed by atoms with Gasteiger partial charge in [-0.25, -0.2) is 4.98 Å². The van der Waals surface area contributed by atoms with Gasteiger partial charge in [0.1, 0.15) is 0 Å². The molecule has 0 aliphatic rings. The highest BCUT2D eigenvalue weighted by atomic mass is 35.5. The van der Waals surface area contributed by atoms with Crippen molar-refractivity contribution >= 4 is 46.3 Å². The highest BCUT2D eigenvalue weighted by Gasteiger charge is 2.19. The van der Waals surface area contributed by atoms with E-state index in [1.807, 2.05) is 29.2 Å². The zero-order valence-electron chi connectivity index (χ0n) is 18.7. The van der Waals surface area contributed by atoms with E-state index in [9.17, 15) is 4.79 Å². The number of anilines is 3. The van der Waals surface area contributed by atoms with Crippen molar-refractivity contribution in [3.63, 3.8) is 0 Å². The number of rotatable bonds is 7. The van der Waals surface area contributed by atoms with Crippen LogP contribution in [0.5, 0.6) is 0 Å². The average molecular weight is 472 g/mol. The van der Waals surface area contributed by atoms with Crippen LogP contribution in [0.2, 0.25) is 10.0 Å². The summed E-state index contributed by atoms with van der Waals surface area (Å²) in [6.45, 7) is 7.35. The zero-order valence-corrected chi connectivity index (χ0v) is 20.2. The molecule has 0 aliphatic heterocycles. The summed E-state index contributed by atoms with van der Waals surface area (Å²) in [4.78, 5) is 19.2. The van der Waals surface area contributed by atoms with Crippen LogP contribution >= 0.6 is 23.2 Å². The second-order valence-corrected chi connectivity index (χ2v) is 9.22. The quantitative estimate of drug-likeness (QED) is 0.415. The second kappa shape index (κ2) is 10.3. The fourth-order valence-electron chi connectivity index (χ4n) is 3.22. The minimum absolute atomic E-state index is 0.0476. The minimum atomic E-state index is -0.231. The van der Waals surface area contributed by atoms with E-state index < -0.39 is 0 Å². The molecule has 0 atom stereocenters. The Labute approximate surface area is 199 Å². The van der Waals surface area contributed by atoms with Gasteiger partial charge in [0, 0.05) is 31.1 Å². The molecular weight excluding hydrogens is 445 g/mol. The molecule has 3 rings (SSSR count). The third kappa shape index (κ3) is 5.80. The molecule has 1 N–H and O–H groups in total. The number of aromatic nitrogens is 1. The molecule has 32 heavy (non-hydrogen) atoms. The first-order chi connectivity index (χ1) is 15.2. The van der Waals surface area contributed by atoms with Crippen molar-refractivity contribution in [3.05, 3.63) is 82.0 Å². The lowest BCUT2D eigenvalue weighted by Gasteiger charge is -2.26. The fraction of sp³-hybridized carbons (Fsp3) is 0.280. The number of nitrogens with zero attached hydrogens (tertiary/aromatic N) is 2. The molecule has 7 heteroatoms. The van der Waals surface area contributed by atoms with Crippen molar-refractivity contribution in [1.29, 1.82) is 0 Å². The predicted octanol–water partition coefficient (Wildman–Crippen LogP) is 6.72. The second-order valence-electron chi connectivity index (χ2n) is 8.40. The van der Waals surface area contributed by atoms with Gasteiger partial charge in [-0.05, 0) is 53.4 Å². The molecule has 0 saturated heterocycles. The molecule has 2 aromatic carbocycles. The third-order valence-electron chi connectivity index (χ3n) is 5.02. The number of carbonyl (C=O) groups excluding carboxylic acids is 1. The molecule has 0 fully saturated rings. The van der Waals surface area contributed by atoms with E-state index in [0.29, 0.717) is 40.3 Å². The lowest BCUT2D eigenvalue weighted by atomic mass is 9.87. The van der Waals surface area contributed by atoms with Gasteiger partial charge >= 0.3 is 0 Å². The summed E-state index contributed by atoms with van der Waals surface area (Å²) in [6, 6.07) is 16.5. The van der Waals surface area contributed by atoms with E-state index in [-0.39, 0.29) is 11.3 Å². The number of hydrogen-bond acceptors (Lipinski definition) is 4.